The summed E-state index contributed by atoms with van der Waals surface area (Å²) in [6.07, 6.45) is 6.05. The molecule has 5 aromatic rings. The molecular formula is C29H30N6O. The Morgan fingerprint density at radius 1 is 0.889 bits per heavy atom. The van der Waals surface area contributed by atoms with Gasteiger partial charge in [0.1, 0.15) is 5.82 Å². The maximum absolute atomic E-state index is 12.7. The number of nitrogens with zero attached hydrogens (tertiary/aromatic N) is 5. The molecule has 0 unspecified atom stereocenters. The molecule has 7 nitrogen and oxygen atoms in total. The lowest BCUT2D eigenvalue weighted by Gasteiger charge is -2.13. The van der Waals surface area contributed by atoms with E-state index in [4.69, 9.17) is 4.98 Å². The molecule has 7 heteroatoms. The number of fused-ring (bicyclic) bond motifs is 1. The molecule has 0 fully saturated rings. The van der Waals surface area contributed by atoms with Gasteiger partial charge in [0.15, 0.2) is 0 Å². The van der Waals surface area contributed by atoms with Gasteiger partial charge in [-0.15, -0.1) is 0 Å². The van der Waals surface area contributed by atoms with Crippen molar-refractivity contribution in [3.63, 3.8) is 0 Å². The van der Waals surface area contributed by atoms with Gasteiger partial charge in [0.2, 0.25) is 5.91 Å². The van der Waals surface area contributed by atoms with Gasteiger partial charge in [-0.1, -0.05) is 57.2 Å². The summed E-state index contributed by atoms with van der Waals surface area (Å²) in [4.78, 5) is 17.4. The molecule has 5 rings (SSSR count). The normalized spacial score (nSPS) is 11.7. The first-order valence-electron chi connectivity index (χ1n) is 12.0. The fourth-order valence-electron chi connectivity index (χ4n) is 4.17. The molecule has 2 aromatic carbocycles. The molecule has 0 bridgehead atoms. The number of rotatable bonds is 5. The van der Waals surface area contributed by atoms with Crippen LogP contribution < -0.4 is 5.32 Å². The van der Waals surface area contributed by atoms with Gasteiger partial charge in [0, 0.05) is 54.5 Å². The monoisotopic (exact) mass is 478 g/mol. The second-order valence-corrected chi connectivity index (χ2v) is 10.2. The Kier molecular flexibility index (Phi) is 5.92. The van der Waals surface area contributed by atoms with Crippen molar-refractivity contribution in [1.82, 2.24) is 24.5 Å². The predicted octanol–water partition coefficient (Wildman–Crippen LogP) is 5.51. The van der Waals surface area contributed by atoms with Crippen molar-refractivity contribution >= 4 is 22.6 Å². The molecule has 0 aliphatic carbocycles. The Balaban J connectivity index is 1.28. The van der Waals surface area contributed by atoms with Crippen LogP contribution in [0, 0.1) is 0 Å². The summed E-state index contributed by atoms with van der Waals surface area (Å²) in [5, 5.41) is 12.8. The minimum Gasteiger partial charge on any atom is -0.311 e. The predicted molar refractivity (Wildman–Crippen MR) is 144 cm³/mol. The zero-order valence-electron chi connectivity index (χ0n) is 21.3. The SMILES string of the molecule is Cn1cc(-c2ccc3cc(-c4ccc(CC(=O)Nc5cc(C(C)(C)C)nn5C)cc4)cnc3c2)cn1. The van der Waals surface area contributed by atoms with Crippen molar-refractivity contribution in [3.05, 3.63) is 84.4 Å². The smallest absolute Gasteiger partial charge is 0.229 e. The number of hydrogen-bond donors (Lipinski definition) is 1. The Morgan fingerprint density at radius 2 is 1.64 bits per heavy atom. The first-order chi connectivity index (χ1) is 17.2. The highest BCUT2D eigenvalue weighted by atomic mass is 16.1. The number of hydrogen-bond acceptors (Lipinski definition) is 4. The molecule has 3 heterocycles. The number of pyridine rings is 1. The largest absolute Gasteiger partial charge is 0.311 e. The summed E-state index contributed by atoms with van der Waals surface area (Å²) in [5.41, 5.74) is 7.03. The van der Waals surface area contributed by atoms with E-state index < -0.39 is 0 Å². The van der Waals surface area contributed by atoms with Gasteiger partial charge in [-0.3, -0.25) is 19.1 Å². The van der Waals surface area contributed by atoms with Crippen LogP contribution >= 0.6 is 0 Å². The lowest BCUT2D eigenvalue weighted by molar-refractivity contribution is -0.115. The quantitative estimate of drug-likeness (QED) is 0.361. The zero-order valence-corrected chi connectivity index (χ0v) is 21.3. The molecule has 182 valence electrons. The molecule has 0 saturated heterocycles. The maximum Gasteiger partial charge on any atom is 0.229 e. The number of anilines is 1. The molecule has 0 radical (unpaired) electrons. The van der Waals surface area contributed by atoms with E-state index in [1.807, 2.05) is 63.0 Å². The Bertz CT molecular complexity index is 1550. The van der Waals surface area contributed by atoms with Gasteiger partial charge in [-0.25, -0.2) is 0 Å². The third-order valence-electron chi connectivity index (χ3n) is 6.29. The third kappa shape index (κ3) is 4.91. The van der Waals surface area contributed by atoms with E-state index in [-0.39, 0.29) is 11.3 Å². The minimum absolute atomic E-state index is 0.0667. The highest BCUT2D eigenvalue weighted by Crippen LogP contribution is 2.27. The van der Waals surface area contributed by atoms with Gasteiger partial charge in [-0.2, -0.15) is 10.2 Å². The summed E-state index contributed by atoms with van der Waals surface area (Å²) in [7, 11) is 3.76. The first-order valence-corrected chi connectivity index (χ1v) is 12.0. The molecule has 36 heavy (non-hydrogen) atoms. The molecule has 0 atom stereocenters. The second kappa shape index (κ2) is 9.07. The zero-order chi connectivity index (χ0) is 25.4. The number of aryl methyl sites for hydroxylation is 2. The van der Waals surface area contributed by atoms with E-state index in [9.17, 15) is 4.79 Å². The van der Waals surface area contributed by atoms with Gasteiger partial charge >= 0.3 is 0 Å². The number of nitrogens with one attached hydrogen (secondary N) is 1. The Labute approximate surface area is 210 Å². The molecular weight excluding hydrogens is 448 g/mol. The fraction of sp³-hybridized carbons (Fsp3) is 0.241. The van der Waals surface area contributed by atoms with Crippen LogP contribution in [0.3, 0.4) is 0 Å². The van der Waals surface area contributed by atoms with Crippen LogP contribution in [0.2, 0.25) is 0 Å². The number of amides is 1. The Hall–Kier alpha value is -4.26. The van der Waals surface area contributed by atoms with Crippen LogP contribution in [0.1, 0.15) is 32.0 Å². The number of carbonyl (C=O) groups is 1. The van der Waals surface area contributed by atoms with Crippen LogP contribution in [0.4, 0.5) is 5.82 Å². The summed E-state index contributed by atoms with van der Waals surface area (Å²) in [6.45, 7) is 6.31. The molecule has 0 saturated carbocycles. The maximum atomic E-state index is 12.7. The van der Waals surface area contributed by atoms with Gasteiger partial charge in [-0.05, 0) is 28.8 Å². The summed E-state index contributed by atoms with van der Waals surface area (Å²) >= 11 is 0. The van der Waals surface area contributed by atoms with Gasteiger partial charge in [0.25, 0.3) is 0 Å². The van der Waals surface area contributed by atoms with Crippen LogP contribution in [0.15, 0.2) is 73.2 Å². The first kappa shape index (κ1) is 23.5. The van der Waals surface area contributed by atoms with E-state index in [1.54, 1.807) is 9.36 Å². The van der Waals surface area contributed by atoms with Crippen molar-refractivity contribution in [3.8, 4) is 22.3 Å². The van der Waals surface area contributed by atoms with Gasteiger partial charge in [0.05, 0.1) is 23.8 Å². The topological polar surface area (TPSA) is 77.6 Å². The molecule has 3 aromatic heterocycles. The fourth-order valence-corrected chi connectivity index (χ4v) is 4.17. The summed E-state index contributed by atoms with van der Waals surface area (Å²) in [6, 6.07) is 18.4. The van der Waals surface area contributed by atoms with E-state index in [0.717, 1.165) is 44.4 Å². The lowest BCUT2D eigenvalue weighted by Crippen LogP contribution is -2.16. The van der Waals surface area contributed by atoms with Crippen molar-refractivity contribution < 1.29 is 4.79 Å². The molecule has 0 aliphatic heterocycles. The average molecular weight is 479 g/mol. The molecule has 0 aliphatic rings. The van der Waals surface area contributed by atoms with E-state index in [0.29, 0.717) is 12.2 Å². The average Bonchev–Trinajstić information content (AvgIpc) is 3.44. The molecule has 1 amide bonds. The summed E-state index contributed by atoms with van der Waals surface area (Å²) < 4.78 is 3.51. The van der Waals surface area contributed by atoms with Crippen molar-refractivity contribution in [2.45, 2.75) is 32.6 Å². The lowest BCUT2D eigenvalue weighted by atomic mass is 9.92. The summed E-state index contributed by atoms with van der Waals surface area (Å²) in [5.74, 6) is 0.637. The number of benzene rings is 2. The third-order valence-corrected chi connectivity index (χ3v) is 6.29. The van der Waals surface area contributed by atoms with Crippen molar-refractivity contribution in [2.75, 3.05) is 5.32 Å². The molecule has 0 spiro atoms. The standard InChI is InChI=1S/C29H30N6O/c1-29(2,3)26-15-27(35(5)33-26)32-28(36)12-19-6-8-20(9-7-19)23-13-22-11-10-21(14-25(22)30-16-23)24-17-31-34(4)18-24/h6-11,13-18H,12H2,1-5H3,(H,32,36). The van der Waals surface area contributed by atoms with Crippen LogP contribution in [-0.4, -0.2) is 30.5 Å². The van der Waals surface area contributed by atoms with Crippen molar-refractivity contribution in [1.29, 1.82) is 0 Å². The van der Waals surface area contributed by atoms with Crippen molar-refractivity contribution in [2.24, 2.45) is 14.1 Å². The van der Waals surface area contributed by atoms with E-state index >= 15 is 0 Å². The second-order valence-electron chi connectivity index (χ2n) is 10.2. The minimum atomic E-state index is -0.0736. The van der Waals surface area contributed by atoms with Crippen LogP contribution in [-0.2, 0) is 30.7 Å². The Morgan fingerprint density at radius 3 is 2.31 bits per heavy atom. The number of carbonyl (C=O) groups excluding carboxylic acids is 1. The van der Waals surface area contributed by atoms with Gasteiger partial charge < -0.3 is 5.32 Å². The van der Waals surface area contributed by atoms with E-state index in [1.165, 1.54) is 0 Å². The van der Waals surface area contributed by atoms with Crippen LogP contribution in [0.5, 0.6) is 0 Å². The number of aromatic nitrogens is 5. The van der Waals surface area contributed by atoms with E-state index in [2.05, 4.69) is 60.6 Å². The molecule has 1 N–H and O–H groups in total. The highest BCUT2D eigenvalue weighted by Gasteiger charge is 2.19. The highest BCUT2D eigenvalue weighted by molar-refractivity contribution is 5.92. The van der Waals surface area contributed by atoms with Crippen LogP contribution in [0.25, 0.3) is 33.2 Å².